The fraction of sp³-hybridized carbons (Fsp3) is 0.909. The first-order valence-corrected chi connectivity index (χ1v) is 5.62. The molecule has 0 aromatic heterocycles. The van der Waals surface area contributed by atoms with Crippen LogP contribution in [-0.2, 0) is 9.53 Å². The van der Waals surface area contributed by atoms with E-state index in [1.165, 1.54) is 0 Å². The summed E-state index contributed by atoms with van der Waals surface area (Å²) in [7, 11) is 0. The van der Waals surface area contributed by atoms with Gasteiger partial charge in [0.2, 0.25) is 5.91 Å². The number of nitrogens with one attached hydrogen (secondary N) is 1. The van der Waals surface area contributed by atoms with Gasteiger partial charge in [0.05, 0.1) is 6.10 Å². The van der Waals surface area contributed by atoms with Crippen LogP contribution in [0.4, 0.5) is 0 Å². The Bertz CT molecular complexity index is 211. The van der Waals surface area contributed by atoms with Crippen LogP contribution in [0.1, 0.15) is 33.1 Å². The molecule has 1 fully saturated rings. The molecule has 0 aromatic rings. The standard InChI is InChI=1S/C11H22N2O2/c1-11(2,8-12)6-10(14)13-7-9-4-3-5-15-9/h9H,3-8,12H2,1-2H3,(H,13,14). The quantitative estimate of drug-likeness (QED) is 0.706. The normalized spacial score (nSPS) is 21.7. The van der Waals surface area contributed by atoms with Crippen molar-refractivity contribution in [1.29, 1.82) is 0 Å². The molecule has 4 nitrogen and oxygen atoms in total. The first-order chi connectivity index (χ1) is 7.03. The SMILES string of the molecule is CC(C)(CN)CC(=O)NCC1CCCO1. The van der Waals surface area contributed by atoms with Gasteiger partial charge in [0.1, 0.15) is 0 Å². The number of hydrogen-bond acceptors (Lipinski definition) is 3. The van der Waals surface area contributed by atoms with Gasteiger partial charge in [0, 0.05) is 19.6 Å². The number of nitrogens with two attached hydrogens (primary N) is 1. The Kier molecular flexibility index (Phi) is 4.54. The Labute approximate surface area is 91.5 Å². The van der Waals surface area contributed by atoms with Gasteiger partial charge in [0.15, 0.2) is 0 Å². The van der Waals surface area contributed by atoms with Crippen LogP contribution in [0, 0.1) is 5.41 Å². The number of carbonyl (C=O) groups is 1. The number of rotatable bonds is 5. The predicted molar refractivity (Wildman–Crippen MR) is 59.4 cm³/mol. The minimum atomic E-state index is -0.110. The molecule has 1 unspecified atom stereocenters. The maximum atomic E-state index is 11.6. The molecule has 1 rings (SSSR count). The monoisotopic (exact) mass is 214 g/mol. The highest BCUT2D eigenvalue weighted by molar-refractivity contribution is 5.76. The van der Waals surface area contributed by atoms with Gasteiger partial charge in [-0.1, -0.05) is 13.8 Å². The van der Waals surface area contributed by atoms with E-state index in [2.05, 4.69) is 5.32 Å². The fourth-order valence-corrected chi connectivity index (χ4v) is 1.60. The van der Waals surface area contributed by atoms with Crippen molar-refractivity contribution < 1.29 is 9.53 Å². The second-order valence-electron chi connectivity index (χ2n) is 4.98. The third kappa shape index (κ3) is 4.62. The summed E-state index contributed by atoms with van der Waals surface area (Å²) in [5, 5.41) is 2.90. The Morgan fingerprint density at radius 2 is 2.33 bits per heavy atom. The van der Waals surface area contributed by atoms with Gasteiger partial charge in [-0.25, -0.2) is 0 Å². The molecule has 0 spiro atoms. The molecule has 0 radical (unpaired) electrons. The Morgan fingerprint density at radius 3 is 2.87 bits per heavy atom. The van der Waals surface area contributed by atoms with Crippen molar-refractivity contribution in [1.82, 2.24) is 5.32 Å². The van der Waals surface area contributed by atoms with Gasteiger partial charge >= 0.3 is 0 Å². The van der Waals surface area contributed by atoms with Crippen molar-refractivity contribution in [3.05, 3.63) is 0 Å². The van der Waals surface area contributed by atoms with Crippen LogP contribution in [0.15, 0.2) is 0 Å². The van der Waals surface area contributed by atoms with Gasteiger partial charge in [-0.15, -0.1) is 0 Å². The molecule has 1 saturated heterocycles. The zero-order valence-corrected chi connectivity index (χ0v) is 9.71. The number of carbonyl (C=O) groups excluding carboxylic acids is 1. The zero-order chi connectivity index (χ0) is 11.3. The van der Waals surface area contributed by atoms with Crippen LogP contribution in [0.2, 0.25) is 0 Å². The topological polar surface area (TPSA) is 64.4 Å². The highest BCUT2D eigenvalue weighted by atomic mass is 16.5. The minimum Gasteiger partial charge on any atom is -0.376 e. The van der Waals surface area contributed by atoms with Crippen LogP contribution in [0.25, 0.3) is 0 Å². The van der Waals surface area contributed by atoms with E-state index in [0.717, 1.165) is 19.4 Å². The molecule has 3 N–H and O–H groups in total. The summed E-state index contributed by atoms with van der Waals surface area (Å²) in [4.78, 5) is 11.6. The summed E-state index contributed by atoms with van der Waals surface area (Å²) >= 11 is 0. The summed E-state index contributed by atoms with van der Waals surface area (Å²) in [6, 6.07) is 0. The van der Waals surface area contributed by atoms with E-state index in [4.69, 9.17) is 10.5 Å². The zero-order valence-electron chi connectivity index (χ0n) is 9.71. The second-order valence-corrected chi connectivity index (χ2v) is 4.98. The predicted octanol–water partition coefficient (Wildman–Crippen LogP) is 0.657. The Morgan fingerprint density at radius 1 is 1.60 bits per heavy atom. The average molecular weight is 214 g/mol. The molecule has 15 heavy (non-hydrogen) atoms. The Balaban J connectivity index is 2.18. The van der Waals surface area contributed by atoms with Gasteiger partial charge in [-0.2, -0.15) is 0 Å². The summed E-state index contributed by atoms with van der Waals surface area (Å²) in [6.45, 7) is 5.99. The average Bonchev–Trinajstić information content (AvgIpc) is 2.66. The summed E-state index contributed by atoms with van der Waals surface area (Å²) in [5.41, 5.74) is 5.46. The van der Waals surface area contributed by atoms with Crippen LogP contribution < -0.4 is 11.1 Å². The lowest BCUT2D eigenvalue weighted by atomic mass is 9.89. The molecule has 1 aliphatic heterocycles. The number of ether oxygens (including phenoxy) is 1. The van der Waals surface area contributed by atoms with Crippen molar-refractivity contribution in [2.75, 3.05) is 19.7 Å². The number of amides is 1. The molecular weight excluding hydrogens is 192 g/mol. The highest BCUT2D eigenvalue weighted by Crippen LogP contribution is 2.17. The smallest absolute Gasteiger partial charge is 0.220 e. The molecule has 1 aliphatic rings. The fourth-order valence-electron chi connectivity index (χ4n) is 1.60. The van der Waals surface area contributed by atoms with E-state index in [-0.39, 0.29) is 17.4 Å². The molecule has 1 amide bonds. The van der Waals surface area contributed by atoms with Gasteiger partial charge in [-0.3, -0.25) is 4.79 Å². The second kappa shape index (κ2) is 5.47. The molecular formula is C11H22N2O2. The van der Waals surface area contributed by atoms with Crippen LogP contribution in [-0.4, -0.2) is 31.7 Å². The lowest BCUT2D eigenvalue weighted by molar-refractivity contribution is -0.123. The Hall–Kier alpha value is -0.610. The first kappa shape index (κ1) is 12.5. The van der Waals surface area contributed by atoms with Crippen molar-refractivity contribution in [2.24, 2.45) is 11.1 Å². The molecule has 1 heterocycles. The molecule has 0 saturated carbocycles. The van der Waals surface area contributed by atoms with E-state index >= 15 is 0 Å². The van der Waals surface area contributed by atoms with Gasteiger partial charge < -0.3 is 15.8 Å². The van der Waals surface area contributed by atoms with Crippen molar-refractivity contribution in [2.45, 2.75) is 39.2 Å². The molecule has 1 atom stereocenters. The number of hydrogen-bond donors (Lipinski definition) is 2. The van der Waals surface area contributed by atoms with E-state index in [9.17, 15) is 4.79 Å². The first-order valence-electron chi connectivity index (χ1n) is 5.62. The van der Waals surface area contributed by atoms with Crippen LogP contribution in [0.3, 0.4) is 0 Å². The molecule has 0 aliphatic carbocycles. The third-order valence-corrected chi connectivity index (χ3v) is 2.74. The van der Waals surface area contributed by atoms with Crippen molar-refractivity contribution in [3.8, 4) is 0 Å². The minimum absolute atomic E-state index is 0.0703. The third-order valence-electron chi connectivity index (χ3n) is 2.74. The van der Waals surface area contributed by atoms with Crippen LogP contribution in [0.5, 0.6) is 0 Å². The maximum Gasteiger partial charge on any atom is 0.220 e. The lowest BCUT2D eigenvalue weighted by Gasteiger charge is -2.21. The summed E-state index contributed by atoms with van der Waals surface area (Å²) in [5.74, 6) is 0.0703. The van der Waals surface area contributed by atoms with Crippen molar-refractivity contribution in [3.63, 3.8) is 0 Å². The molecule has 0 aromatic carbocycles. The summed E-state index contributed by atoms with van der Waals surface area (Å²) in [6.07, 6.45) is 2.86. The van der Waals surface area contributed by atoms with E-state index in [0.29, 0.717) is 19.5 Å². The largest absolute Gasteiger partial charge is 0.376 e. The highest BCUT2D eigenvalue weighted by Gasteiger charge is 2.21. The molecule has 88 valence electrons. The van der Waals surface area contributed by atoms with Crippen LogP contribution >= 0.6 is 0 Å². The van der Waals surface area contributed by atoms with E-state index in [1.807, 2.05) is 13.8 Å². The lowest BCUT2D eigenvalue weighted by Crippen LogP contribution is -2.36. The van der Waals surface area contributed by atoms with E-state index < -0.39 is 0 Å². The van der Waals surface area contributed by atoms with Gasteiger partial charge in [-0.05, 0) is 24.8 Å². The van der Waals surface area contributed by atoms with Crippen molar-refractivity contribution >= 4 is 5.91 Å². The summed E-state index contributed by atoms with van der Waals surface area (Å²) < 4.78 is 5.42. The van der Waals surface area contributed by atoms with Gasteiger partial charge in [0.25, 0.3) is 0 Å². The van der Waals surface area contributed by atoms with E-state index in [1.54, 1.807) is 0 Å². The molecule has 4 heteroatoms. The molecule has 0 bridgehead atoms. The maximum absolute atomic E-state index is 11.6.